The maximum atomic E-state index is 6.19. The van der Waals surface area contributed by atoms with Crippen molar-refractivity contribution in [3.63, 3.8) is 0 Å². The first-order valence-electron chi connectivity index (χ1n) is 6.53. The molecule has 3 rings (SSSR count). The average molecular weight is 262 g/mol. The van der Waals surface area contributed by atoms with Crippen molar-refractivity contribution < 1.29 is 4.74 Å². The topological polar surface area (TPSA) is 48.1 Å². The smallest absolute Gasteiger partial charge is 0.0954 e. The molecule has 2 aromatic rings. The van der Waals surface area contributed by atoms with E-state index in [-0.39, 0.29) is 6.04 Å². The van der Waals surface area contributed by atoms with Crippen LogP contribution in [0.15, 0.2) is 24.3 Å². The summed E-state index contributed by atoms with van der Waals surface area (Å²) in [6.07, 6.45) is 4.52. The molecule has 4 heteroatoms. The summed E-state index contributed by atoms with van der Waals surface area (Å²) >= 11 is 1.75. The number of hydrogen-bond donors (Lipinski definition) is 1. The monoisotopic (exact) mass is 262 g/mol. The average Bonchev–Trinajstić information content (AvgIpc) is 2.96. The molecule has 96 valence electrons. The molecule has 0 amide bonds. The zero-order valence-electron chi connectivity index (χ0n) is 10.3. The number of hydrogen-bond acceptors (Lipinski definition) is 4. The molecule has 1 fully saturated rings. The molecule has 1 aliphatic rings. The molecule has 1 aromatic heterocycles. The van der Waals surface area contributed by atoms with Gasteiger partial charge in [0, 0.05) is 19.1 Å². The SMILES string of the molecule is NC(Cc1nc2ccccc2s1)CC1CCCO1. The van der Waals surface area contributed by atoms with E-state index in [1.807, 2.05) is 6.07 Å². The van der Waals surface area contributed by atoms with Crippen LogP contribution in [0.1, 0.15) is 24.3 Å². The van der Waals surface area contributed by atoms with Gasteiger partial charge in [0.05, 0.1) is 21.3 Å². The van der Waals surface area contributed by atoms with Crippen LogP contribution < -0.4 is 5.73 Å². The normalized spacial score (nSPS) is 21.5. The highest BCUT2D eigenvalue weighted by Crippen LogP contribution is 2.24. The number of nitrogens with zero attached hydrogens (tertiary/aromatic N) is 1. The van der Waals surface area contributed by atoms with E-state index in [4.69, 9.17) is 10.5 Å². The van der Waals surface area contributed by atoms with Crippen LogP contribution in [0.25, 0.3) is 10.2 Å². The summed E-state index contributed by atoms with van der Waals surface area (Å²) in [5, 5.41) is 1.14. The molecule has 1 aromatic carbocycles. The molecule has 2 N–H and O–H groups in total. The first kappa shape index (κ1) is 12.1. The van der Waals surface area contributed by atoms with E-state index in [1.54, 1.807) is 11.3 Å². The van der Waals surface area contributed by atoms with Crippen LogP contribution in [0.2, 0.25) is 0 Å². The van der Waals surface area contributed by atoms with Gasteiger partial charge in [-0.15, -0.1) is 11.3 Å². The van der Waals surface area contributed by atoms with Gasteiger partial charge in [0.2, 0.25) is 0 Å². The molecule has 0 aliphatic carbocycles. The predicted octanol–water partition coefficient (Wildman–Crippen LogP) is 2.74. The lowest BCUT2D eigenvalue weighted by Crippen LogP contribution is -2.28. The van der Waals surface area contributed by atoms with Crippen LogP contribution >= 0.6 is 11.3 Å². The van der Waals surface area contributed by atoms with Gasteiger partial charge in [-0.05, 0) is 31.4 Å². The van der Waals surface area contributed by atoms with Gasteiger partial charge in [-0.2, -0.15) is 0 Å². The van der Waals surface area contributed by atoms with Gasteiger partial charge in [-0.25, -0.2) is 4.98 Å². The number of aromatic nitrogens is 1. The van der Waals surface area contributed by atoms with E-state index in [0.29, 0.717) is 6.10 Å². The van der Waals surface area contributed by atoms with Crippen molar-refractivity contribution >= 4 is 21.6 Å². The van der Waals surface area contributed by atoms with Crippen LogP contribution in [0.5, 0.6) is 0 Å². The Kier molecular flexibility index (Phi) is 3.59. The van der Waals surface area contributed by atoms with Crippen molar-refractivity contribution in [3.8, 4) is 0 Å². The third-order valence-corrected chi connectivity index (χ3v) is 4.42. The minimum atomic E-state index is 0.161. The van der Waals surface area contributed by atoms with Gasteiger partial charge < -0.3 is 10.5 Å². The Hall–Kier alpha value is -0.970. The third-order valence-electron chi connectivity index (χ3n) is 3.36. The quantitative estimate of drug-likeness (QED) is 0.921. The van der Waals surface area contributed by atoms with Gasteiger partial charge in [0.25, 0.3) is 0 Å². The van der Waals surface area contributed by atoms with Gasteiger partial charge in [0.15, 0.2) is 0 Å². The molecule has 3 nitrogen and oxygen atoms in total. The van der Waals surface area contributed by atoms with Crippen molar-refractivity contribution in [2.45, 2.75) is 37.8 Å². The van der Waals surface area contributed by atoms with Crippen molar-refractivity contribution in [3.05, 3.63) is 29.3 Å². The first-order chi connectivity index (χ1) is 8.81. The summed E-state index contributed by atoms with van der Waals surface area (Å²) in [5.74, 6) is 0. The number of fused-ring (bicyclic) bond motifs is 1. The summed E-state index contributed by atoms with van der Waals surface area (Å²) < 4.78 is 6.87. The maximum Gasteiger partial charge on any atom is 0.0954 e. The number of benzene rings is 1. The van der Waals surface area contributed by atoms with Gasteiger partial charge in [-0.3, -0.25) is 0 Å². The third kappa shape index (κ3) is 2.71. The second-order valence-corrected chi connectivity index (χ2v) is 6.03. The fraction of sp³-hybridized carbons (Fsp3) is 0.500. The van der Waals surface area contributed by atoms with Crippen LogP contribution in [0, 0.1) is 0 Å². The van der Waals surface area contributed by atoms with Gasteiger partial charge in [-0.1, -0.05) is 12.1 Å². The van der Waals surface area contributed by atoms with Crippen molar-refractivity contribution in [1.29, 1.82) is 0 Å². The Bertz CT molecular complexity index is 486. The Morgan fingerprint density at radius 3 is 3.11 bits per heavy atom. The standard InChI is InChI=1S/C14H18N2OS/c15-10(8-11-4-3-7-17-11)9-14-16-12-5-1-2-6-13(12)18-14/h1-2,5-6,10-11H,3-4,7-9,15H2. The lowest BCUT2D eigenvalue weighted by atomic mass is 10.1. The number of nitrogens with two attached hydrogens (primary N) is 1. The number of ether oxygens (including phenoxy) is 1. The predicted molar refractivity (Wildman–Crippen MR) is 74.9 cm³/mol. The first-order valence-corrected chi connectivity index (χ1v) is 7.34. The minimum absolute atomic E-state index is 0.161. The highest BCUT2D eigenvalue weighted by Gasteiger charge is 2.19. The highest BCUT2D eigenvalue weighted by molar-refractivity contribution is 7.18. The lowest BCUT2D eigenvalue weighted by molar-refractivity contribution is 0.0983. The van der Waals surface area contributed by atoms with Crippen molar-refractivity contribution in [1.82, 2.24) is 4.98 Å². The molecule has 2 unspecified atom stereocenters. The van der Waals surface area contributed by atoms with Gasteiger partial charge >= 0.3 is 0 Å². The van der Waals surface area contributed by atoms with Crippen molar-refractivity contribution in [2.24, 2.45) is 5.73 Å². The maximum absolute atomic E-state index is 6.19. The highest BCUT2D eigenvalue weighted by atomic mass is 32.1. The fourth-order valence-corrected chi connectivity index (χ4v) is 3.54. The van der Waals surface area contributed by atoms with Crippen molar-refractivity contribution in [2.75, 3.05) is 6.61 Å². The molecule has 0 radical (unpaired) electrons. The minimum Gasteiger partial charge on any atom is -0.378 e. The molecule has 0 saturated carbocycles. The number of rotatable bonds is 4. The Labute approximate surface area is 111 Å². The second kappa shape index (κ2) is 5.34. The van der Waals surface area contributed by atoms with Crippen LogP contribution in [0.4, 0.5) is 0 Å². The summed E-state index contributed by atoms with van der Waals surface area (Å²) in [4.78, 5) is 4.62. The molecule has 1 saturated heterocycles. The zero-order valence-corrected chi connectivity index (χ0v) is 11.2. The van der Waals surface area contributed by atoms with E-state index in [1.165, 1.54) is 11.1 Å². The van der Waals surface area contributed by atoms with E-state index >= 15 is 0 Å². The summed E-state index contributed by atoms with van der Waals surface area (Å²) in [7, 11) is 0. The molecular formula is C14H18N2OS. The molecule has 2 atom stereocenters. The van der Waals surface area contributed by atoms with Crippen LogP contribution in [0.3, 0.4) is 0 Å². The number of thiazole rings is 1. The Morgan fingerprint density at radius 2 is 2.33 bits per heavy atom. The Morgan fingerprint density at radius 1 is 1.44 bits per heavy atom. The van der Waals surface area contributed by atoms with Gasteiger partial charge in [0.1, 0.15) is 0 Å². The fourth-order valence-electron chi connectivity index (χ4n) is 2.48. The Balaban J connectivity index is 1.64. The molecular weight excluding hydrogens is 244 g/mol. The lowest BCUT2D eigenvalue weighted by Gasteiger charge is -2.14. The number of para-hydroxylation sites is 1. The summed E-state index contributed by atoms with van der Waals surface area (Å²) in [6.45, 7) is 0.901. The van der Waals surface area contributed by atoms with E-state index in [2.05, 4.69) is 23.2 Å². The zero-order chi connectivity index (χ0) is 12.4. The van der Waals surface area contributed by atoms with E-state index in [9.17, 15) is 0 Å². The van der Waals surface area contributed by atoms with Crippen LogP contribution in [-0.2, 0) is 11.2 Å². The molecule has 1 aliphatic heterocycles. The molecule has 0 spiro atoms. The summed E-state index contributed by atoms with van der Waals surface area (Å²) in [6, 6.07) is 8.41. The molecule has 2 heterocycles. The van der Waals surface area contributed by atoms with E-state index < -0.39 is 0 Å². The summed E-state index contributed by atoms with van der Waals surface area (Å²) in [5.41, 5.74) is 7.28. The molecule has 18 heavy (non-hydrogen) atoms. The largest absolute Gasteiger partial charge is 0.378 e. The van der Waals surface area contributed by atoms with E-state index in [0.717, 1.165) is 36.4 Å². The molecule has 0 bridgehead atoms. The second-order valence-electron chi connectivity index (χ2n) is 4.91. The van der Waals surface area contributed by atoms with Crippen LogP contribution in [-0.4, -0.2) is 23.7 Å².